The van der Waals surface area contributed by atoms with Crippen molar-refractivity contribution in [1.82, 2.24) is 10.2 Å². The van der Waals surface area contributed by atoms with Gasteiger partial charge in [-0.15, -0.1) is 0 Å². The van der Waals surface area contributed by atoms with Gasteiger partial charge in [0.2, 0.25) is 0 Å². The summed E-state index contributed by atoms with van der Waals surface area (Å²) < 4.78 is 0. The van der Waals surface area contributed by atoms with Gasteiger partial charge in [0.05, 0.1) is 0 Å². The molecule has 0 radical (unpaired) electrons. The molecule has 1 aromatic carbocycles. The largest absolute Gasteiger partial charge is 0.375 e. The van der Waals surface area contributed by atoms with Gasteiger partial charge in [0.25, 0.3) is 5.91 Å². The van der Waals surface area contributed by atoms with Crippen molar-refractivity contribution in [2.45, 2.75) is 57.6 Å². The second-order valence-corrected chi connectivity index (χ2v) is 9.27. The Kier molecular flexibility index (Phi) is 5.62. The van der Waals surface area contributed by atoms with Gasteiger partial charge in [-0.05, 0) is 50.5 Å². The van der Waals surface area contributed by atoms with Crippen molar-refractivity contribution in [3.63, 3.8) is 0 Å². The van der Waals surface area contributed by atoms with Crippen molar-refractivity contribution in [2.24, 2.45) is 17.8 Å². The molecule has 1 heterocycles. The summed E-state index contributed by atoms with van der Waals surface area (Å²) >= 11 is 0. The molecule has 2 aliphatic carbocycles. The molecule has 1 amide bonds. The minimum atomic E-state index is -1.39. The zero-order chi connectivity index (χ0) is 19.7. The van der Waals surface area contributed by atoms with Crippen LogP contribution < -0.4 is 5.32 Å². The zero-order valence-electron chi connectivity index (χ0n) is 17.2. The van der Waals surface area contributed by atoms with Crippen LogP contribution in [0.1, 0.15) is 51.5 Å². The standard InChI is InChI=1S/C24H34N2O2/c1-17(2)9-8-14-26-15-20-21(16-26)22(20)25-23(27)24(28,19-12-6-7-13-19)18-10-4-3-5-11-18/h3-5,9-11,19-22,28H,6-8,12-16H2,1-2H3,(H,25,27)/t20?,21?,22?,24-/m0/s1. The Morgan fingerprint density at radius 2 is 1.82 bits per heavy atom. The topological polar surface area (TPSA) is 52.6 Å². The van der Waals surface area contributed by atoms with Gasteiger partial charge in [0.1, 0.15) is 0 Å². The molecular formula is C24H34N2O2. The van der Waals surface area contributed by atoms with Gasteiger partial charge in [-0.1, -0.05) is 54.8 Å². The lowest BCUT2D eigenvalue weighted by molar-refractivity contribution is -0.147. The van der Waals surface area contributed by atoms with Gasteiger partial charge in [0.15, 0.2) is 5.60 Å². The third-order valence-electron chi connectivity index (χ3n) is 7.07. The Morgan fingerprint density at radius 3 is 2.43 bits per heavy atom. The SMILES string of the molecule is CC(C)=CCCN1CC2C(C1)C2NC(=O)[C@](O)(c1ccccc1)C1CCCC1. The Morgan fingerprint density at radius 1 is 1.18 bits per heavy atom. The Balaban J connectivity index is 1.37. The number of fused-ring (bicyclic) bond motifs is 1. The predicted molar refractivity (Wildman–Crippen MR) is 112 cm³/mol. The third-order valence-corrected chi connectivity index (χ3v) is 7.07. The van der Waals surface area contributed by atoms with Crippen LogP contribution in [0, 0.1) is 17.8 Å². The molecule has 1 saturated heterocycles. The summed E-state index contributed by atoms with van der Waals surface area (Å²) in [6, 6.07) is 9.81. The highest BCUT2D eigenvalue weighted by Gasteiger charge is 2.58. The molecule has 152 valence electrons. The van der Waals surface area contributed by atoms with Crippen LogP contribution in [0.4, 0.5) is 0 Å². The number of rotatable bonds is 7. The van der Waals surface area contributed by atoms with Gasteiger partial charge >= 0.3 is 0 Å². The van der Waals surface area contributed by atoms with Gasteiger partial charge in [-0.25, -0.2) is 0 Å². The number of piperidine rings is 1. The first-order valence-corrected chi connectivity index (χ1v) is 10.9. The second kappa shape index (κ2) is 8.00. The number of carbonyl (C=O) groups excluding carboxylic acids is 1. The molecule has 3 fully saturated rings. The van der Waals surface area contributed by atoms with Crippen molar-refractivity contribution >= 4 is 5.91 Å². The first-order chi connectivity index (χ1) is 13.5. The summed E-state index contributed by atoms with van der Waals surface area (Å²) in [6.07, 6.45) is 7.45. The van der Waals surface area contributed by atoms with Crippen LogP contribution in [0.5, 0.6) is 0 Å². The molecule has 2 saturated carbocycles. The summed E-state index contributed by atoms with van der Waals surface area (Å²) in [6.45, 7) is 7.53. The highest BCUT2D eigenvalue weighted by molar-refractivity contribution is 5.87. The quantitative estimate of drug-likeness (QED) is 0.710. The summed E-state index contributed by atoms with van der Waals surface area (Å²) in [7, 11) is 0. The number of nitrogens with one attached hydrogen (secondary N) is 1. The van der Waals surface area contributed by atoms with Crippen LogP contribution in [-0.2, 0) is 10.4 Å². The van der Waals surface area contributed by atoms with Crippen LogP contribution >= 0.6 is 0 Å². The van der Waals surface area contributed by atoms with E-state index in [9.17, 15) is 9.90 Å². The van der Waals surface area contributed by atoms with Crippen molar-refractivity contribution < 1.29 is 9.90 Å². The normalized spacial score (nSPS) is 29.2. The first-order valence-electron chi connectivity index (χ1n) is 10.9. The van der Waals surface area contributed by atoms with E-state index in [-0.39, 0.29) is 17.9 Å². The van der Waals surface area contributed by atoms with E-state index >= 15 is 0 Å². The van der Waals surface area contributed by atoms with E-state index in [0.29, 0.717) is 11.8 Å². The van der Waals surface area contributed by atoms with Crippen molar-refractivity contribution in [3.05, 3.63) is 47.5 Å². The number of carbonyl (C=O) groups is 1. The summed E-state index contributed by atoms with van der Waals surface area (Å²) in [5.41, 5.74) is 0.729. The number of allylic oxidation sites excluding steroid dienone is 1. The molecule has 3 aliphatic rings. The fourth-order valence-electron chi connectivity index (χ4n) is 5.40. The Labute approximate surface area is 169 Å². The minimum Gasteiger partial charge on any atom is -0.375 e. The van der Waals surface area contributed by atoms with E-state index in [1.807, 2.05) is 30.3 Å². The lowest BCUT2D eigenvalue weighted by Gasteiger charge is -2.33. The number of aliphatic hydroxyl groups is 1. The second-order valence-electron chi connectivity index (χ2n) is 9.27. The van der Waals surface area contributed by atoms with Gasteiger partial charge in [-0.2, -0.15) is 0 Å². The lowest BCUT2D eigenvalue weighted by Crippen LogP contribution is -2.51. The molecule has 0 spiro atoms. The molecule has 1 aliphatic heterocycles. The smallest absolute Gasteiger partial charge is 0.257 e. The van der Waals surface area contributed by atoms with E-state index in [0.717, 1.165) is 57.3 Å². The predicted octanol–water partition coefficient (Wildman–Crippen LogP) is 3.47. The van der Waals surface area contributed by atoms with Crippen LogP contribution in [-0.4, -0.2) is 41.6 Å². The van der Waals surface area contributed by atoms with Crippen molar-refractivity contribution in [1.29, 1.82) is 0 Å². The van der Waals surface area contributed by atoms with E-state index in [1.54, 1.807) is 0 Å². The highest BCUT2D eigenvalue weighted by atomic mass is 16.3. The molecule has 4 heteroatoms. The molecule has 0 bridgehead atoms. The van der Waals surface area contributed by atoms with Crippen LogP contribution in [0.25, 0.3) is 0 Å². The van der Waals surface area contributed by atoms with Crippen LogP contribution in [0.2, 0.25) is 0 Å². The number of amides is 1. The summed E-state index contributed by atoms with van der Waals surface area (Å²) in [5.74, 6) is 0.952. The molecular weight excluding hydrogens is 348 g/mol. The molecule has 4 nitrogen and oxygen atoms in total. The van der Waals surface area contributed by atoms with Gasteiger partial charge in [-0.3, -0.25) is 4.79 Å². The van der Waals surface area contributed by atoms with E-state index < -0.39 is 5.60 Å². The van der Waals surface area contributed by atoms with E-state index in [4.69, 9.17) is 0 Å². The van der Waals surface area contributed by atoms with E-state index in [2.05, 4.69) is 30.1 Å². The molecule has 2 N–H and O–H groups in total. The van der Waals surface area contributed by atoms with Crippen LogP contribution in [0.15, 0.2) is 42.0 Å². The third kappa shape index (κ3) is 3.77. The summed E-state index contributed by atoms with van der Waals surface area (Å²) in [5, 5.41) is 14.8. The maximum atomic E-state index is 13.3. The van der Waals surface area contributed by atoms with Gasteiger partial charge < -0.3 is 15.3 Å². The number of hydrogen-bond donors (Lipinski definition) is 2. The maximum Gasteiger partial charge on any atom is 0.257 e. The molecule has 3 atom stereocenters. The molecule has 4 rings (SSSR count). The average Bonchev–Trinajstić information content (AvgIpc) is 3.11. The molecule has 28 heavy (non-hydrogen) atoms. The highest BCUT2D eigenvalue weighted by Crippen LogP contribution is 2.47. The van der Waals surface area contributed by atoms with Gasteiger partial charge in [0, 0.05) is 31.6 Å². The Hall–Kier alpha value is -1.65. The fourth-order valence-corrected chi connectivity index (χ4v) is 5.40. The first kappa shape index (κ1) is 19.7. The number of benzene rings is 1. The van der Waals surface area contributed by atoms with E-state index in [1.165, 1.54) is 5.57 Å². The molecule has 0 aromatic heterocycles. The lowest BCUT2D eigenvalue weighted by atomic mass is 9.79. The monoisotopic (exact) mass is 382 g/mol. The van der Waals surface area contributed by atoms with Crippen molar-refractivity contribution in [2.75, 3.05) is 19.6 Å². The Bertz CT molecular complexity index is 709. The zero-order valence-corrected chi connectivity index (χ0v) is 17.2. The fraction of sp³-hybridized carbons (Fsp3) is 0.625. The molecule has 2 unspecified atom stereocenters. The maximum absolute atomic E-state index is 13.3. The number of hydrogen-bond acceptors (Lipinski definition) is 3. The van der Waals surface area contributed by atoms with Crippen LogP contribution in [0.3, 0.4) is 0 Å². The number of likely N-dealkylation sites (tertiary alicyclic amines) is 1. The summed E-state index contributed by atoms with van der Waals surface area (Å²) in [4.78, 5) is 15.8. The minimum absolute atomic E-state index is 0.0223. The average molecular weight is 383 g/mol. The van der Waals surface area contributed by atoms with Crippen molar-refractivity contribution in [3.8, 4) is 0 Å². The molecule has 1 aromatic rings. The number of nitrogens with zero attached hydrogens (tertiary/aromatic N) is 1.